The number of carbonyl (C=O) groups is 1. The number of carboxylic acids is 1. The molecule has 0 unspecified atom stereocenters. The van der Waals surface area contributed by atoms with Gasteiger partial charge in [0.25, 0.3) is 0 Å². The molecule has 0 heterocycles. The third kappa shape index (κ3) is 2.63. The van der Waals surface area contributed by atoms with Crippen molar-refractivity contribution >= 4 is 5.97 Å². The molecule has 2 fully saturated rings. The molecule has 4 rings (SSSR count). The van der Waals surface area contributed by atoms with Gasteiger partial charge in [0.1, 0.15) is 0 Å². The molecule has 5 atom stereocenters. The van der Waals surface area contributed by atoms with Crippen molar-refractivity contribution in [2.45, 2.75) is 72.1 Å². The van der Waals surface area contributed by atoms with Gasteiger partial charge >= 0.3 is 5.97 Å². The second kappa shape index (κ2) is 6.74. The van der Waals surface area contributed by atoms with Crippen LogP contribution >= 0.6 is 0 Å². The molecule has 0 aromatic carbocycles. The minimum Gasteiger partial charge on any atom is -0.501 e. The zero-order valence-electron chi connectivity index (χ0n) is 17.6. The lowest BCUT2D eigenvalue weighted by atomic mass is 9.47. The largest absolute Gasteiger partial charge is 0.501 e. The number of allylic oxidation sites excluding steroid dienone is 5. The number of carboxylic acid groups (broad SMARTS) is 1. The van der Waals surface area contributed by atoms with Gasteiger partial charge in [0.15, 0.2) is 0 Å². The van der Waals surface area contributed by atoms with E-state index in [1.807, 2.05) is 0 Å². The van der Waals surface area contributed by atoms with Gasteiger partial charge in [-0.2, -0.15) is 4.39 Å². The molecule has 0 aromatic heterocycles. The Bertz CT molecular complexity index is 792. The van der Waals surface area contributed by atoms with E-state index in [1.165, 1.54) is 11.1 Å². The average molecular weight is 389 g/mol. The first-order valence-corrected chi connectivity index (χ1v) is 10.9. The Hall–Kier alpha value is -1.58. The maximum atomic E-state index is 14.5. The van der Waals surface area contributed by atoms with Crippen LogP contribution in [0.4, 0.5) is 4.39 Å². The third-order valence-electron chi connectivity index (χ3n) is 8.86. The molecule has 0 spiro atoms. The summed E-state index contributed by atoms with van der Waals surface area (Å²) in [6, 6.07) is 0. The van der Waals surface area contributed by atoms with Gasteiger partial charge in [-0.15, -0.1) is 0 Å². The van der Waals surface area contributed by atoms with E-state index in [0.717, 1.165) is 50.7 Å². The van der Waals surface area contributed by atoms with E-state index in [-0.39, 0.29) is 10.8 Å². The summed E-state index contributed by atoms with van der Waals surface area (Å²) in [4.78, 5) is 11.3. The fraction of sp³-hybridized carbons (Fsp3) is 0.708. The van der Waals surface area contributed by atoms with E-state index < -0.39 is 11.8 Å². The van der Waals surface area contributed by atoms with Gasteiger partial charge in [-0.25, -0.2) is 4.79 Å². The molecule has 154 valence electrons. The Balaban J connectivity index is 1.76. The molecule has 0 aromatic rings. The van der Waals surface area contributed by atoms with Crippen LogP contribution in [0.3, 0.4) is 0 Å². The maximum absolute atomic E-state index is 14.5. The highest BCUT2D eigenvalue weighted by molar-refractivity contribution is 5.85. The number of methoxy groups -OCH3 is 1. The normalized spacial score (nSPS) is 41.6. The smallest absolute Gasteiger partial charge is 0.364 e. The molecular weight excluding hydrogens is 355 g/mol. The molecule has 0 bridgehead atoms. The number of aliphatic carboxylic acids is 1. The van der Waals surface area contributed by atoms with Crippen LogP contribution in [0.15, 0.2) is 34.4 Å². The number of hydrogen-bond acceptors (Lipinski definition) is 2. The average Bonchev–Trinajstić information content (AvgIpc) is 3.03. The SMILES string of the molecule is CCC1=C2C=C(OC)CC[C@]2(C)[C@H]2CC[C@]3(C)C(=C(F)C(=O)O)CC[C@H]3[C@@H]2C1. The monoisotopic (exact) mass is 388 g/mol. The lowest BCUT2D eigenvalue weighted by Crippen LogP contribution is -2.49. The van der Waals surface area contributed by atoms with Crippen molar-refractivity contribution in [1.29, 1.82) is 0 Å². The van der Waals surface area contributed by atoms with Gasteiger partial charge in [-0.05, 0) is 90.8 Å². The molecule has 0 radical (unpaired) electrons. The van der Waals surface area contributed by atoms with Crippen LogP contribution in [0.1, 0.15) is 72.1 Å². The van der Waals surface area contributed by atoms with E-state index in [1.54, 1.807) is 7.11 Å². The van der Waals surface area contributed by atoms with Gasteiger partial charge < -0.3 is 9.84 Å². The first-order valence-electron chi connectivity index (χ1n) is 10.9. The van der Waals surface area contributed by atoms with Crippen LogP contribution < -0.4 is 0 Å². The number of halogens is 1. The Morgan fingerprint density at radius 2 is 1.93 bits per heavy atom. The van der Waals surface area contributed by atoms with Gasteiger partial charge in [-0.3, -0.25) is 0 Å². The summed E-state index contributed by atoms with van der Waals surface area (Å²) in [5.74, 6) is 0.321. The van der Waals surface area contributed by atoms with Crippen LogP contribution in [0, 0.1) is 28.6 Å². The van der Waals surface area contributed by atoms with Gasteiger partial charge in [0.05, 0.1) is 12.9 Å². The van der Waals surface area contributed by atoms with Crippen molar-refractivity contribution in [2.24, 2.45) is 28.6 Å². The second-order valence-electron chi connectivity index (χ2n) is 9.78. The fourth-order valence-electron chi connectivity index (χ4n) is 7.36. The second-order valence-corrected chi connectivity index (χ2v) is 9.78. The van der Waals surface area contributed by atoms with Gasteiger partial charge in [0.2, 0.25) is 5.83 Å². The van der Waals surface area contributed by atoms with Crippen molar-refractivity contribution in [3.8, 4) is 0 Å². The van der Waals surface area contributed by atoms with Crippen LogP contribution in [0.5, 0.6) is 0 Å². The van der Waals surface area contributed by atoms with Crippen molar-refractivity contribution in [2.75, 3.05) is 7.11 Å². The molecule has 4 heteroatoms. The first-order chi connectivity index (χ1) is 13.3. The Morgan fingerprint density at radius 3 is 2.57 bits per heavy atom. The van der Waals surface area contributed by atoms with Gasteiger partial charge in [0, 0.05) is 6.42 Å². The van der Waals surface area contributed by atoms with Crippen molar-refractivity contribution in [3.63, 3.8) is 0 Å². The Labute approximate surface area is 167 Å². The lowest BCUT2D eigenvalue weighted by molar-refractivity contribution is -0.134. The highest BCUT2D eigenvalue weighted by Gasteiger charge is 2.58. The highest BCUT2D eigenvalue weighted by atomic mass is 19.1. The van der Waals surface area contributed by atoms with E-state index in [9.17, 15) is 14.3 Å². The molecule has 28 heavy (non-hydrogen) atoms. The number of rotatable bonds is 3. The number of ether oxygens (including phenoxy) is 1. The number of fused-ring (bicyclic) bond motifs is 5. The molecule has 1 N–H and O–H groups in total. The van der Waals surface area contributed by atoms with E-state index in [2.05, 4.69) is 26.8 Å². The standard InChI is InChI=1S/C24H33FO3/c1-5-14-12-16-17-6-7-19(21(25)22(26)27)23(17,2)11-9-18(16)24(3)10-8-15(28-4)13-20(14)24/h13,16-18H,5-12H2,1-4H3,(H,26,27)/t16-,17-,18-,23-,24+/m0/s1. The zero-order valence-corrected chi connectivity index (χ0v) is 17.6. The molecular formula is C24H33FO3. The summed E-state index contributed by atoms with van der Waals surface area (Å²) in [6.45, 7) is 6.81. The van der Waals surface area contributed by atoms with Crippen LogP contribution in [0.2, 0.25) is 0 Å². The van der Waals surface area contributed by atoms with Crippen molar-refractivity contribution in [3.05, 3.63) is 34.4 Å². The third-order valence-corrected chi connectivity index (χ3v) is 8.86. The number of hydrogen-bond donors (Lipinski definition) is 1. The minimum absolute atomic E-state index is 0.162. The zero-order chi connectivity index (χ0) is 20.3. The van der Waals surface area contributed by atoms with Gasteiger partial charge in [-0.1, -0.05) is 26.3 Å². The van der Waals surface area contributed by atoms with E-state index >= 15 is 0 Å². The summed E-state index contributed by atoms with van der Waals surface area (Å²) in [5.41, 5.74) is 3.46. The lowest BCUT2D eigenvalue weighted by Gasteiger charge is -2.57. The molecule has 3 nitrogen and oxygen atoms in total. The maximum Gasteiger partial charge on any atom is 0.364 e. The summed E-state index contributed by atoms with van der Waals surface area (Å²) in [5, 5.41) is 9.24. The predicted molar refractivity (Wildman–Crippen MR) is 107 cm³/mol. The molecule has 0 amide bonds. The molecule has 2 saturated carbocycles. The molecule has 4 aliphatic rings. The van der Waals surface area contributed by atoms with E-state index in [4.69, 9.17) is 4.74 Å². The Kier molecular flexibility index (Phi) is 4.75. The quantitative estimate of drug-likeness (QED) is 0.587. The first kappa shape index (κ1) is 19.7. The highest BCUT2D eigenvalue weighted by Crippen LogP contribution is 2.67. The van der Waals surface area contributed by atoms with Crippen LogP contribution in [0.25, 0.3) is 0 Å². The minimum atomic E-state index is -1.39. The summed E-state index contributed by atoms with van der Waals surface area (Å²) >= 11 is 0. The van der Waals surface area contributed by atoms with Crippen LogP contribution in [-0.4, -0.2) is 18.2 Å². The molecule has 4 aliphatic carbocycles. The molecule has 0 aliphatic heterocycles. The predicted octanol–water partition coefficient (Wildman–Crippen LogP) is 6.18. The van der Waals surface area contributed by atoms with Crippen LogP contribution in [-0.2, 0) is 9.53 Å². The van der Waals surface area contributed by atoms with E-state index in [0.29, 0.717) is 29.7 Å². The fourth-order valence-corrected chi connectivity index (χ4v) is 7.36. The topological polar surface area (TPSA) is 46.5 Å². The summed E-state index contributed by atoms with van der Waals surface area (Å²) < 4.78 is 20.1. The Morgan fingerprint density at radius 1 is 1.21 bits per heavy atom. The van der Waals surface area contributed by atoms with Crippen molar-refractivity contribution in [1.82, 2.24) is 0 Å². The summed E-state index contributed by atoms with van der Waals surface area (Å²) in [6.07, 6.45) is 10.00. The summed E-state index contributed by atoms with van der Waals surface area (Å²) in [7, 11) is 1.77. The van der Waals surface area contributed by atoms with Crippen molar-refractivity contribution < 1.29 is 19.0 Å². The molecule has 0 saturated heterocycles.